The van der Waals surface area contributed by atoms with Crippen LogP contribution in [0.25, 0.3) is 33.4 Å². The summed E-state index contributed by atoms with van der Waals surface area (Å²) in [6, 6.07) is 33.9. The molecule has 9 rings (SSSR count). The van der Waals surface area contributed by atoms with Gasteiger partial charge in [0, 0.05) is 16.7 Å². The third-order valence-corrected chi connectivity index (χ3v) is 11.3. The molecule has 0 bridgehead atoms. The van der Waals surface area contributed by atoms with Gasteiger partial charge < -0.3 is 46.0 Å². The zero-order valence-electron chi connectivity index (χ0n) is 31.5. The molecule has 6 aromatic rings. The number of aryl methyl sites for hydroxylation is 3. The van der Waals surface area contributed by atoms with Gasteiger partial charge in [0.1, 0.15) is 17.2 Å². The van der Waals surface area contributed by atoms with Crippen molar-refractivity contribution in [1.29, 1.82) is 0 Å². The molecule has 3 aliphatic rings. The highest BCUT2D eigenvalue weighted by Gasteiger charge is 2.23. The van der Waals surface area contributed by atoms with Crippen LogP contribution in [-0.4, -0.2) is 46.0 Å². The summed E-state index contributed by atoms with van der Waals surface area (Å²) in [6.45, 7) is -0.740. The number of aliphatic hydroxyl groups is 6. The Balaban J connectivity index is 0.000000131. The van der Waals surface area contributed by atoms with E-state index >= 15 is 0 Å². The Morgan fingerprint density at radius 3 is 1.18 bits per heavy atom. The van der Waals surface area contributed by atoms with Crippen molar-refractivity contribution >= 4 is 0 Å². The number of phenols is 3. The number of benzene rings is 6. The van der Waals surface area contributed by atoms with Gasteiger partial charge in [-0.3, -0.25) is 0 Å². The van der Waals surface area contributed by atoms with Gasteiger partial charge in [0.2, 0.25) is 0 Å². The average Bonchev–Trinajstić information content (AvgIpc) is 3.93. The number of aliphatic hydroxyl groups excluding tert-OH is 6. The summed E-state index contributed by atoms with van der Waals surface area (Å²) in [5, 5.41) is 86.0. The molecule has 0 radical (unpaired) electrons. The highest BCUT2D eigenvalue weighted by Crippen LogP contribution is 2.38. The zero-order valence-corrected chi connectivity index (χ0v) is 31.5. The fraction of sp³-hybridized carbons (Fsp3) is 0.250. The summed E-state index contributed by atoms with van der Waals surface area (Å²) < 4.78 is 0. The van der Waals surface area contributed by atoms with Crippen LogP contribution in [0.5, 0.6) is 17.2 Å². The van der Waals surface area contributed by atoms with E-state index in [2.05, 4.69) is 12.1 Å². The molecule has 0 aliphatic heterocycles. The van der Waals surface area contributed by atoms with Crippen LogP contribution in [0.3, 0.4) is 0 Å². The maximum absolute atomic E-state index is 9.90. The van der Waals surface area contributed by atoms with Crippen LogP contribution in [-0.2, 0) is 39.1 Å². The highest BCUT2D eigenvalue weighted by atomic mass is 16.3. The monoisotopic (exact) mass is 768 g/mol. The second-order valence-electron chi connectivity index (χ2n) is 14.9. The predicted molar refractivity (Wildman–Crippen MR) is 218 cm³/mol. The number of rotatable bonds is 6. The first-order valence-corrected chi connectivity index (χ1v) is 19.3. The largest absolute Gasteiger partial charge is 0.508 e. The van der Waals surface area contributed by atoms with Crippen LogP contribution >= 0.6 is 0 Å². The fourth-order valence-corrected chi connectivity index (χ4v) is 8.04. The highest BCUT2D eigenvalue weighted by molar-refractivity contribution is 5.70. The van der Waals surface area contributed by atoms with Gasteiger partial charge in [0.25, 0.3) is 0 Å². The second-order valence-corrected chi connectivity index (χ2v) is 14.9. The van der Waals surface area contributed by atoms with Gasteiger partial charge in [-0.1, -0.05) is 72.8 Å². The number of aromatic hydroxyl groups is 3. The van der Waals surface area contributed by atoms with Crippen LogP contribution in [0.4, 0.5) is 0 Å². The second kappa shape index (κ2) is 17.3. The van der Waals surface area contributed by atoms with Crippen LogP contribution < -0.4 is 0 Å². The molecule has 0 amide bonds. The minimum absolute atomic E-state index is 0.0552. The summed E-state index contributed by atoms with van der Waals surface area (Å²) in [7, 11) is 0. The first-order valence-electron chi connectivity index (χ1n) is 19.3. The van der Waals surface area contributed by atoms with Crippen molar-refractivity contribution in [1.82, 2.24) is 0 Å². The van der Waals surface area contributed by atoms with Crippen molar-refractivity contribution < 1.29 is 46.0 Å². The molecule has 3 atom stereocenters. The topological polar surface area (TPSA) is 182 Å². The molecule has 0 spiro atoms. The lowest BCUT2D eigenvalue weighted by Gasteiger charge is -2.12. The molecule has 0 saturated heterocycles. The van der Waals surface area contributed by atoms with Gasteiger partial charge in [0.15, 0.2) is 0 Å². The Labute approximate surface area is 331 Å². The number of fused-ring (bicyclic) bond motifs is 3. The van der Waals surface area contributed by atoms with E-state index in [1.165, 1.54) is 11.1 Å². The fourth-order valence-electron chi connectivity index (χ4n) is 8.04. The molecule has 3 aliphatic carbocycles. The maximum atomic E-state index is 9.90. The SMILES string of the molecule is OCc1cc(-c2ccc3c(c2)CCC3O)cc(CO)c1O.OCc1cc(-c2ccc3c(c2)CCC3O)ccc1O.Oc1ccc(-c2ccc3c(c2)CCC3O)cc1. The van der Waals surface area contributed by atoms with Gasteiger partial charge in [-0.05, 0) is 142 Å². The number of hydrogen-bond donors (Lipinski definition) is 9. The lowest BCUT2D eigenvalue weighted by atomic mass is 9.96. The molecule has 3 unspecified atom stereocenters. The van der Waals surface area contributed by atoms with Crippen molar-refractivity contribution in [3.05, 3.63) is 159 Å². The first-order chi connectivity index (χ1) is 27.6. The van der Waals surface area contributed by atoms with E-state index in [1.807, 2.05) is 60.7 Å². The van der Waals surface area contributed by atoms with Crippen molar-refractivity contribution in [2.24, 2.45) is 0 Å². The van der Waals surface area contributed by atoms with Crippen LogP contribution in [0.15, 0.2) is 109 Å². The molecular weight excluding hydrogens is 721 g/mol. The molecule has 9 nitrogen and oxygen atoms in total. The minimum Gasteiger partial charge on any atom is -0.508 e. The van der Waals surface area contributed by atoms with Gasteiger partial charge >= 0.3 is 0 Å². The summed E-state index contributed by atoms with van der Waals surface area (Å²) in [5.41, 5.74) is 14.0. The van der Waals surface area contributed by atoms with Crippen LogP contribution in [0.2, 0.25) is 0 Å². The minimum atomic E-state index is -0.380. The Morgan fingerprint density at radius 1 is 0.386 bits per heavy atom. The lowest BCUT2D eigenvalue weighted by Crippen LogP contribution is -1.94. The first kappa shape index (κ1) is 39.7. The van der Waals surface area contributed by atoms with Crippen molar-refractivity contribution in [3.8, 4) is 50.6 Å². The summed E-state index contributed by atoms with van der Waals surface area (Å²) in [5.74, 6) is 0.341. The van der Waals surface area contributed by atoms with E-state index in [4.69, 9.17) is 0 Å². The summed E-state index contributed by atoms with van der Waals surface area (Å²) in [6.07, 6.45) is 4.05. The Kier molecular flexibility index (Phi) is 12.1. The van der Waals surface area contributed by atoms with Gasteiger partial charge in [0.05, 0.1) is 38.1 Å². The summed E-state index contributed by atoms with van der Waals surface area (Å²) in [4.78, 5) is 0. The molecule has 0 heterocycles. The predicted octanol–water partition coefficient (Wildman–Crippen LogP) is 7.59. The van der Waals surface area contributed by atoms with Crippen molar-refractivity contribution in [2.45, 2.75) is 76.7 Å². The van der Waals surface area contributed by atoms with E-state index in [0.717, 1.165) is 94.2 Å². The third kappa shape index (κ3) is 8.60. The molecule has 9 heteroatoms. The van der Waals surface area contributed by atoms with Gasteiger partial charge in [-0.25, -0.2) is 0 Å². The molecular formula is C48H48O9. The van der Waals surface area contributed by atoms with Gasteiger partial charge in [-0.15, -0.1) is 0 Å². The molecule has 57 heavy (non-hydrogen) atoms. The Morgan fingerprint density at radius 2 is 0.737 bits per heavy atom. The van der Waals surface area contributed by atoms with Crippen LogP contribution in [0.1, 0.15) is 87.6 Å². The zero-order chi connectivity index (χ0) is 40.2. The average molecular weight is 769 g/mol. The van der Waals surface area contributed by atoms with E-state index in [1.54, 1.807) is 36.4 Å². The molecule has 0 aromatic heterocycles. The third-order valence-electron chi connectivity index (χ3n) is 11.3. The number of phenolic OH excluding ortho intramolecular Hbond substituents is 1. The van der Waals surface area contributed by atoms with E-state index in [9.17, 15) is 46.0 Å². The molecule has 294 valence electrons. The van der Waals surface area contributed by atoms with Crippen LogP contribution in [0, 0.1) is 0 Å². The Hall–Kier alpha value is -5.52. The lowest BCUT2D eigenvalue weighted by molar-refractivity contribution is 0.179. The van der Waals surface area contributed by atoms with Crippen molar-refractivity contribution in [2.75, 3.05) is 0 Å². The quantitative estimate of drug-likeness (QED) is 0.0825. The smallest absolute Gasteiger partial charge is 0.126 e. The maximum Gasteiger partial charge on any atom is 0.126 e. The molecule has 9 N–H and O–H groups in total. The Bertz CT molecular complexity index is 2340. The normalized spacial score (nSPS) is 17.5. The van der Waals surface area contributed by atoms with E-state index in [0.29, 0.717) is 16.7 Å². The molecule has 0 saturated carbocycles. The molecule has 0 fully saturated rings. The van der Waals surface area contributed by atoms with E-state index in [-0.39, 0.29) is 55.4 Å². The van der Waals surface area contributed by atoms with E-state index < -0.39 is 0 Å². The standard InChI is InChI=1S/C17H18O4.C16H16O3.C15H14O2/c18-8-13-6-12(7-14(9-19)17(13)21)10-1-3-15-11(5-10)2-4-16(15)20;17-9-13-8-11(2-5-15(13)18)10-1-4-14-12(7-10)3-6-16(14)19;16-13-5-1-10(2-6-13)11-3-7-14-12(9-11)4-8-15(14)17/h1,3,5-7,16,18-21H,2,4,8-9H2;1-2,4-5,7-8,16-19H,3,6,9H2;1-3,5-7,9,15-17H,4,8H2. The molecule has 6 aromatic carbocycles. The van der Waals surface area contributed by atoms with Crippen molar-refractivity contribution in [3.63, 3.8) is 0 Å². The van der Waals surface area contributed by atoms with Gasteiger partial charge in [-0.2, -0.15) is 0 Å². The summed E-state index contributed by atoms with van der Waals surface area (Å²) >= 11 is 0. The number of hydrogen-bond acceptors (Lipinski definition) is 9.